The Balaban J connectivity index is 2.52. The van der Waals surface area contributed by atoms with Crippen LogP contribution in [-0.2, 0) is 9.53 Å². The molecule has 96 valence electrons. The number of carboxylic acids is 1. The summed E-state index contributed by atoms with van der Waals surface area (Å²) in [7, 11) is 0. The molecule has 0 bridgehead atoms. The molecule has 0 unspecified atom stereocenters. The molecular formula is C12H14N2O3S. The lowest BCUT2D eigenvalue weighted by atomic mass is 10.2. The highest BCUT2D eigenvalue weighted by Gasteiger charge is 2.06. The van der Waals surface area contributed by atoms with E-state index >= 15 is 0 Å². The molecule has 0 aromatic heterocycles. The smallest absolute Gasteiger partial charge is 0.329 e. The third kappa shape index (κ3) is 4.28. The van der Waals surface area contributed by atoms with Crippen molar-refractivity contribution in [2.75, 3.05) is 31.3 Å². The van der Waals surface area contributed by atoms with Gasteiger partial charge in [0.15, 0.2) is 0 Å². The molecule has 0 amide bonds. The summed E-state index contributed by atoms with van der Waals surface area (Å²) in [5, 5.41) is 20.5. The predicted molar refractivity (Wildman–Crippen MR) is 69.9 cm³/mol. The van der Waals surface area contributed by atoms with E-state index < -0.39 is 5.97 Å². The van der Waals surface area contributed by atoms with Crippen LogP contribution in [0.3, 0.4) is 0 Å². The van der Waals surface area contributed by atoms with E-state index in [9.17, 15) is 4.79 Å². The van der Waals surface area contributed by atoms with Gasteiger partial charge in [0.1, 0.15) is 12.7 Å². The summed E-state index contributed by atoms with van der Waals surface area (Å²) in [6.07, 6.45) is 1.91. The number of nitrogens with zero attached hydrogens (tertiary/aromatic N) is 1. The van der Waals surface area contributed by atoms with Gasteiger partial charge in [-0.05, 0) is 18.4 Å². The van der Waals surface area contributed by atoms with E-state index in [-0.39, 0.29) is 13.2 Å². The molecule has 5 nitrogen and oxygen atoms in total. The Morgan fingerprint density at radius 3 is 3.00 bits per heavy atom. The Labute approximate surface area is 110 Å². The van der Waals surface area contributed by atoms with Crippen molar-refractivity contribution in [1.29, 1.82) is 5.26 Å². The topological polar surface area (TPSA) is 82.3 Å². The number of hydrogen-bond donors (Lipinski definition) is 2. The monoisotopic (exact) mass is 266 g/mol. The van der Waals surface area contributed by atoms with Gasteiger partial charge >= 0.3 is 5.97 Å². The molecule has 0 aliphatic rings. The van der Waals surface area contributed by atoms with E-state index in [0.717, 1.165) is 10.6 Å². The standard InChI is InChI=1S/C12H14N2O3S/c1-18-11-4-2-3-10(9(11)7-13)14-5-6-17-8-12(15)16/h2-4,14H,5-6,8H2,1H3,(H,15,16). The molecule has 0 atom stereocenters. The Bertz CT molecular complexity index is 457. The van der Waals surface area contributed by atoms with Crippen molar-refractivity contribution in [2.24, 2.45) is 0 Å². The van der Waals surface area contributed by atoms with Gasteiger partial charge in [0.2, 0.25) is 0 Å². The van der Waals surface area contributed by atoms with Crippen molar-refractivity contribution in [2.45, 2.75) is 4.90 Å². The van der Waals surface area contributed by atoms with Crippen LogP contribution in [0.25, 0.3) is 0 Å². The van der Waals surface area contributed by atoms with Crippen LogP contribution in [0.2, 0.25) is 0 Å². The minimum absolute atomic E-state index is 0.278. The number of rotatable bonds is 7. The molecule has 1 rings (SSSR count). The van der Waals surface area contributed by atoms with Gasteiger partial charge in [-0.25, -0.2) is 4.79 Å². The van der Waals surface area contributed by atoms with Crippen LogP contribution in [0, 0.1) is 11.3 Å². The first-order valence-electron chi connectivity index (χ1n) is 5.29. The van der Waals surface area contributed by atoms with Crippen molar-refractivity contribution in [3.8, 4) is 6.07 Å². The number of ether oxygens (including phenoxy) is 1. The second kappa shape index (κ2) is 7.58. The normalized spacial score (nSPS) is 9.78. The lowest BCUT2D eigenvalue weighted by Crippen LogP contribution is -2.14. The highest BCUT2D eigenvalue weighted by atomic mass is 32.2. The van der Waals surface area contributed by atoms with E-state index in [2.05, 4.69) is 11.4 Å². The summed E-state index contributed by atoms with van der Waals surface area (Å²) in [5.74, 6) is -0.989. The van der Waals surface area contributed by atoms with Crippen molar-refractivity contribution < 1.29 is 14.6 Å². The van der Waals surface area contributed by atoms with Gasteiger partial charge in [-0.15, -0.1) is 11.8 Å². The number of anilines is 1. The largest absolute Gasteiger partial charge is 0.480 e. The SMILES string of the molecule is CSc1cccc(NCCOCC(=O)O)c1C#N. The molecule has 6 heteroatoms. The van der Waals surface area contributed by atoms with E-state index in [1.54, 1.807) is 0 Å². The minimum Gasteiger partial charge on any atom is -0.480 e. The van der Waals surface area contributed by atoms with Crippen molar-refractivity contribution >= 4 is 23.4 Å². The molecule has 0 aliphatic heterocycles. The zero-order valence-corrected chi connectivity index (χ0v) is 10.8. The molecule has 0 heterocycles. The molecule has 2 N–H and O–H groups in total. The fourth-order valence-electron chi connectivity index (χ4n) is 1.38. The van der Waals surface area contributed by atoms with E-state index in [4.69, 9.17) is 15.1 Å². The summed E-state index contributed by atoms with van der Waals surface area (Å²) >= 11 is 1.51. The molecular weight excluding hydrogens is 252 g/mol. The van der Waals surface area contributed by atoms with Crippen molar-refractivity contribution in [3.05, 3.63) is 23.8 Å². The maximum Gasteiger partial charge on any atom is 0.329 e. The van der Waals surface area contributed by atoms with Crippen molar-refractivity contribution in [3.63, 3.8) is 0 Å². The van der Waals surface area contributed by atoms with Gasteiger partial charge < -0.3 is 15.2 Å². The minimum atomic E-state index is -0.989. The van der Waals surface area contributed by atoms with Gasteiger partial charge in [-0.1, -0.05) is 6.07 Å². The third-order valence-corrected chi connectivity index (χ3v) is 2.93. The zero-order valence-electron chi connectivity index (χ0n) is 9.97. The van der Waals surface area contributed by atoms with Crippen LogP contribution in [0.15, 0.2) is 23.1 Å². The van der Waals surface area contributed by atoms with Crippen LogP contribution in [0.5, 0.6) is 0 Å². The molecule has 0 saturated carbocycles. The Morgan fingerprint density at radius 1 is 1.61 bits per heavy atom. The predicted octanol–water partition coefficient (Wildman–Crippen LogP) is 1.79. The average molecular weight is 266 g/mol. The molecule has 0 fully saturated rings. The summed E-state index contributed by atoms with van der Waals surface area (Å²) < 4.78 is 4.90. The second-order valence-corrected chi connectivity index (χ2v) is 4.22. The van der Waals surface area contributed by atoms with Gasteiger partial charge in [-0.2, -0.15) is 5.26 Å². The first-order chi connectivity index (χ1) is 8.69. The third-order valence-electron chi connectivity index (χ3n) is 2.15. The molecule has 1 aromatic carbocycles. The quantitative estimate of drug-likeness (QED) is 0.578. The summed E-state index contributed by atoms with van der Waals surface area (Å²) in [6.45, 7) is 0.429. The number of carbonyl (C=O) groups is 1. The van der Waals surface area contributed by atoms with Gasteiger partial charge in [0.25, 0.3) is 0 Å². The summed E-state index contributed by atoms with van der Waals surface area (Å²) in [6, 6.07) is 7.72. The number of carboxylic acid groups (broad SMARTS) is 1. The first-order valence-corrected chi connectivity index (χ1v) is 6.52. The van der Waals surface area contributed by atoms with Crippen LogP contribution < -0.4 is 5.32 Å². The van der Waals surface area contributed by atoms with Crippen molar-refractivity contribution in [1.82, 2.24) is 0 Å². The highest BCUT2D eigenvalue weighted by Crippen LogP contribution is 2.25. The lowest BCUT2D eigenvalue weighted by Gasteiger charge is -2.10. The highest BCUT2D eigenvalue weighted by molar-refractivity contribution is 7.98. The number of hydrogen-bond acceptors (Lipinski definition) is 5. The fraction of sp³-hybridized carbons (Fsp3) is 0.333. The zero-order chi connectivity index (χ0) is 13.4. The molecule has 1 aromatic rings. The first kappa shape index (κ1) is 14.4. The summed E-state index contributed by atoms with van der Waals surface area (Å²) in [5.41, 5.74) is 1.34. The molecule has 18 heavy (non-hydrogen) atoms. The molecule has 0 aliphatic carbocycles. The van der Waals surface area contributed by atoms with E-state index in [1.807, 2.05) is 24.5 Å². The number of nitrogens with one attached hydrogen (secondary N) is 1. The number of aliphatic carboxylic acids is 1. The van der Waals surface area contributed by atoms with Crippen LogP contribution in [-0.4, -0.2) is 37.1 Å². The van der Waals surface area contributed by atoms with E-state index in [0.29, 0.717) is 12.1 Å². The average Bonchev–Trinajstić information content (AvgIpc) is 2.37. The number of thioether (sulfide) groups is 1. The van der Waals surface area contributed by atoms with Gasteiger partial charge in [0.05, 0.1) is 17.9 Å². The second-order valence-electron chi connectivity index (χ2n) is 3.37. The molecule has 0 radical (unpaired) electrons. The Hall–Kier alpha value is -1.71. The van der Waals surface area contributed by atoms with E-state index in [1.165, 1.54) is 11.8 Å². The van der Waals surface area contributed by atoms with Crippen LogP contribution in [0.4, 0.5) is 5.69 Å². The number of nitriles is 1. The van der Waals surface area contributed by atoms with Crippen LogP contribution in [0.1, 0.15) is 5.56 Å². The Morgan fingerprint density at radius 2 is 2.39 bits per heavy atom. The Kier molecular flexibility index (Phi) is 6.05. The van der Waals surface area contributed by atoms with Gasteiger partial charge in [0, 0.05) is 11.4 Å². The van der Waals surface area contributed by atoms with Crippen LogP contribution >= 0.6 is 11.8 Å². The van der Waals surface area contributed by atoms with Gasteiger partial charge in [-0.3, -0.25) is 0 Å². The molecule has 0 saturated heterocycles. The number of benzene rings is 1. The molecule has 0 spiro atoms. The fourth-order valence-corrected chi connectivity index (χ4v) is 1.96. The summed E-state index contributed by atoms with van der Waals surface area (Å²) in [4.78, 5) is 11.1. The lowest BCUT2D eigenvalue weighted by molar-refractivity contribution is -0.142. The maximum absolute atomic E-state index is 10.2. The maximum atomic E-state index is 10.2.